The Labute approximate surface area is 123 Å². The summed E-state index contributed by atoms with van der Waals surface area (Å²) in [6, 6.07) is 7.31. The Morgan fingerprint density at radius 3 is 2.48 bits per heavy atom. The lowest BCUT2D eigenvalue weighted by atomic mass is 10.1. The molecule has 0 aliphatic heterocycles. The zero-order valence-corrected chi connectivity index (χ0v) is 12.7. The standard InChI is InChI=1S/C16H19NO4/c1-5-20-16(18)13-14(10(2)3)21-15(17-13)11-6-8-12(19-4)9-7-11/h6-10H,5H2,1-4H3. The van der Waals surface area contributed by atoms with Crippen molar-refractivity contribution in [3.8, 4) is 17.2 Å². The van der Waals surface area contributed by atoms with Gasteiger partial charge in [-0.2, -0.15) is 0 Å². The van der Waals surface area contributed by atoms with Crippen molar-refractivity contribution >= 4 is 5.97 Å². The lowest BCUT2D eigenvalue weighted by Crippen LogP contribution is -2.08. The number of carbonyl (C=O) groups excluding carboxylic acids is 1. The monoisotopic (exact) mass is 289 g/mol. The van der Waals surface area contributed by atoms with Gasteiger partial charge in [-0.1, -0.05) is 13.8 Å². The van der Waals surface area contributed by atoms with Crippen molar-refractivity contribution in [2.45, 2.75) is 26.7 Å². The molecule has 0 radical (unpaired) electrons. The summed E-state index contributed by atoms with van der Waals surface area (Å²) in [5.74, 6) is 1.29. The van der Waals surface area contributed by atoms with Crippen LogP contribution >= 0.6 is 0 Å². The van der Waals surface area contributed by atoms with E-state index in [1.165, 1.54) is 0 Å². The predicted octanol–water partition coefficient (Wildman–Crippen LogP) is 3.65. The van der Waals surface area contributed by atoms with E-state index >= 15 is 0 Å². The highest BCUT2D eigenvalue weighted by molar-refractivity contribution is 5.89. The minimum atomic E-state index is -0.454. The molecule has 2 rings (SSSR count). The van der Waals surface area contributed by atoms with Crippen LogP contribution in [-0.2, 0) is 4.74 Å². The van der Waals surface area contributed by atoms with E-state index in [-0.39, 0.29) is 11.6 Å². The largest absolute Gasteiger partial charge is 0.497 e. The number of ether oxygens (including phenoxy) is 2. The summed E-state index contributed by atoms with van der Waals surface area (Å²) in [4.78, 5) is 16.2. The number of hydrogen-bond donors (Lipinski definition) is 0. The summed E-state index contributed by atoms with van der Waals surface area (Å²) >= 11 is 0. The smallest absolute Gasteiger partial charge is 0.360 e. The second-order valence-electron chi connectivity index (χ2n) is 4.84. The molecule has 0 aliphatic rings. The maximum absolute atomic E-state index is 12.0. The van der Waals surface area contributed by atoms with Gasteiger partial charge in [0.2, 0.25) is 5.89 Å². The van der Waals surface area contributed by atoms with Crippen LogP contribution < -0.4 is 4.74 Å². The summed E-state index contributed by atoms with van der Waals surface area (Å²) in [6.45, 7) is 5.96. The van der Waals surface area contributed by atoms with E-state index < -0.39 is 5.97 Å². The Morgan fingerprint density at radius 2 is 1.95 bits per heavy atom. The molecule has 0 spiro atoms. The van der Waals surface area contributed by atoms with Crippen molar-refractivity contribution in [2.75, 3.05) is 13.7 Å². The SMILES string of the molecule is CCOC(=O)c1nc(-c2ccc(OC)cc2)oc1C(C)C. The molecule has 1 heterocycles. The Hall–Kier alpha value is -2.30. The molecular formula is C16H19NO4. The highest BCUT2D eigenvalue weighted by atomic mass is 16.5. The molecule has 5 nitrogen and oxygen atoms in total. The molecule has 0 fully saturated rings. The van der Waals surface area contributed by atoms with E-state index in [0.717, 1.165) is 11.3 Å². The van der Waals surface area contributed by atoms with Crippen LogP contribution in [0.15, 0.2) is 28.7 Å². The molecule has 0 unspecified atom stereocenters. The molecule has 0 saturated carbocycles. The molecule has 2 aromatic rings. The van der Waals surface area contributed by atoms with E-state index in [4.69, 9.17) is 13.9 Å². The molecule has 0 saturated heterocycles. The van der Waals surface area contributed by atoms with Crippen molar-refractivity contribution in [1.82, 2.24) is 4.98 Å². The van der Waals surface area contributed by atoms with Gasteiger partial charge in [-0.25, -0.2) is 9.78 Å². The van der Waals surface area contributed by atoms with Crippen molar-refractivity contribution in [3.63, 3.8) is 0 Å². The summed E-state index contributed by atoms with van der Waals surface area (Å²) in [5, 5.41) is 0. The number of rotatable bonds is 5. The molecule has 1 aromatic carbocycles. The van der Waals surface area contributed by atoms with Crippen LogP contribution in [0.2, 0.25) is 0 Å². The van der Waals surface area contributed by atoms with Gasteiger partial charge in [0.15, 0.2) is 5.69 Å². The second kappa shape index (κ2) is 6.43. The number of hydrogen-bond acceptors (Lipinski definition) is 5. The lowest BCUT2D eigenvalue weighted by molar-refractivity contribution is 0.0517. The first-order valence-electron chi connectivity index (χ1n) is 6.89. The maximum atomic E-state index is 12.0. The quantitative estimate of drug-likeness (QED) is 0.786. The summed E-state index contributed by atoms with van der Waals surface area (Å²) in [5.41, 5.74) is 1.03. The van der Waals surface area contributed by atoms with Crippen LogP contribution in [-0.4, -0.2) is 24.7 Å². The van der Waals surface area contributed by atoms with Gasteiger partial charge in [0.1, 0.15) is 11.5 Å². The molecule has 112 valence electrons. The summed E-state index contributed by atoms with van der Waals surface area (Å²) in [6.07, 6.45) is 0. The molecule has 5 heteroatoms. The first-order chi connectivity index (χ1) is 10.1. The van der Waals surface area contributed by atoms with Gasteiger partial charge in [0.05, 0.1) is 13.7 Å². The number of oxazole rings is 1. The second-order valence-corrected chi connectivity index (χ2v) is 4.84. The van der Waals surface area contributed by atoms with Crippen molar-refractivity contribution in [2.24, 2.45) is 0 Å². The zero-order chi connectivity index (χ0) is 15.4. The van der Waals surface area contributed by atoms with E-state index in [0.29, 0.717) is 18.3 Å². The third-order valence-corrected chi connectivity index (χ3v) is 2.98. The van der Waals surface area contributed by atoms with Crippen LogP contribution in [0.3, 0.4) is 0 Å². The average molecular weight is 289 g/mol. The summed E-state index contributed by atoms with van der Waals surface area (Å²) in [7, 11) is 1.61. The number of nitrogens with zero attached hydrogens (tertiary/aromatic N) is 1. The fraction of sp³-hybridized carbons (Fsp3) is 0.375. The van der Waals surface area contributed by atoms with Gasteiger partial charge in [0.25, 0.3) is 0 Å². The first-order valence-corrected chi connectivity index (χ1v) is 6.89. The molecule has 0 bridgehead atoms. The molecule has 0 N–H and O–H groups in total. The molecule has 21 heavy (non-hydrogen) atoms. The fourth-order valence-electron chi connectivity index (χ4n) is 1.93. The minimum Gasteiger partial charge on any atom is -0.497 e. The minimum absolute atomic E-state index is 0.0453. The first kappa shape index (κ1) is 15.1. The number of esters is 1. The van der Waals surface area contributed by atoms with Crippen LogP contribution in [0.5, 0.6) is 5.75 Å². The van der Waals surface area contributed by atoms with Crippen molar-refractivity contribution in [1.29, 1.82) is 0 Å². The van der Waals surface area contributed by atoms with E-state index in [1.807, 2.05) is 38.1 Å². The normalized spacial score (nSPS) is 10.7. The predicted molar refractivity (Wildman–Crippen MR) is 78.5 cm³/mol. The highest BCUT2D eigenvalue weighted by Crippen LogP contribution is 2.28. The van der Waals surface area contributed by atoms with Crippen molar-refractivity contribution < 1.29 is 18.7 Å². The molecule has 1 aromatic heterocycles. The fourth-order valence-corrected chi connectivity index (χ4v) is 1.93. The molecule has 0 amide bonds. The van der Waals surface area contributed by atoms with E-state index in [9.17, 15) is 4.79 Å². The third-order valence-electron chi connectivity index (χ3n) is 2.98. The third kappa shape index (κ3) is 3.24. The average Bonchev–Trinajstić information content (AvgIpc) is 2.93. The van der Waals surface area contributed by atoms with Crippen LogP contribution in [0, 0.1) is 0 Å². The van der Waals surface area contributed by atoms with Gasteiger partial charge in [0, 0.05) is 11.5 Å². The van der Waals surface area contributed by atoms with Crippen LogP contribution in [0.4, 0.5) is 0 Å². The Morgan fingerprint density at radius 1 is 1.29 bits per heavy atom. The van der Waals surface area contributed by atoms with Crippen molar-refractivity contribution in [3.05, 3.63) is 35.7 Å². The topological polar surface area (TPSA) is 61.6 Å². The van der Waals surface area contributed by atoms with Gasteiger partial charge < -0.3 is 13.9 Å². The maximum Gasteiger partial charge on any atom is 0.360 e. The lowest BCUT2D eigenvalue weighted by Gasteiger charge is -2.02. The summed E-state index contributed by atoms with van der Waals surface area (Å²) < 4.78 is 15.9. The van der Waals surface area contributed by atoms with Crippen LogP contribution in [0.1, 0.15) is 42.9 Å². The van der Waals surface area contributed by atoms with E-state index in [2.05, 4.69) is 4.98 Å². The number of aromatic nitrogens is 1. The van der Waals surface area contributed by atoms with Crippen LogP contribution in [0.25, 0.3) is 11.5 Å². The number of carbonyl (C=O) groups is 1. The number of benzene rings is 1. The Balaban J connectivity index is 2.40. The van der Waals surface area contributed by atoms with Gasteiger partial charge in [-0.15, -0.1) is 0 Å². The Kier molecular flexibility index (Phi) is 4.62. The molecule has 0 aliphatic carbocycles. The molecular weight excluding hydrogens is 270 g/mol. The number of methoxy groups -OCH3 is 1. The van der Waals surface area contributed by atoms with Gasteiger partial charge in [-0.05, 0) is 31.2 Å². The Bertz CT molecular complexity index is 614. The molecule has 0 atom stereocenters. The zero-order valence-electron chi connectivity index (χ0n) is 12.7. The van der Waals surface area contributed by atoms with Gasteiger partial charge >= 0.3 is 5.97 Å². The highest BCUT2D eigenvalue weighted by Gasteiger charge is 2.23. The van der Waals surface area contributed by atoms with E-state index in [1.54, 1.807) is 14.0 Å². The van der Waals surface area contributed by atoms with Gasteiger partial charge in [-0.3, -0.25) is 0 Å².